The van der Waals surface area contributed by atoms with Gasteiger partial charge in [-0.25, -0.2) is 0 Å². The second kappa shape index (κ2) is 15.0. The van der Waals surface area contributed by atoms with E-state index in [1.165, 1.54) is 44.2 Å². The first-order valence-corrected chi connectivity index (χ1v) is 23.2. The van der Waals surface area contributed by atoms with Gasteiger partial charge in [0.15, 0.2) is 23.0 Å². The number of anilines is 6. The molecule has 6 nitrogen and oxygen atoms in total. The quantitative estimate of drug-likeness (QED) is 0.164. The fourth-order valence-corrected chi connectivity index (χ4v) is 10.1. The van der Waals surface area contributed by atoms with E-state index in [2.05, 4.69) is 206 Å². The SMILES string of the molecule is CC(C)(C)c1ccc(-c2cc3c4c(c2)N(c2ccc(C(C)(C)C)cc2-c2ccccc2)c2ccc(C(C)(C)C)cc2B4c2cc4c(cc2N3c2ccc3c(c2)OCCO3)OCCO4)cc1. The van der Waals surface area contributed by atoms with Crippen LogP contribution in [0.4, 0.5) is 34.1 Å². The summed E-state index contributed by atoms with van der Waals surface area (Å²) in [5.74, 6) is 3.03. The highest BCUT2D eigenvalue weighted by Crippen LogP contribution is 2.51. The maximum atomic E-state index is 6.41. The van der Waals surface area contributed by atoms with Crippen LogP contribution in [0.3, 0.4) is 0 Å². The number of nitrogens with zero attached hydrogens (tertiary/aromatic N) is 2. The molecule has 0 N–H and O–H groups in total. The lowest BCUT2D eigenvalue weighted by Crippen LogP contribution is -2.61. The van der Waals surface area contributed by atoms with Crippen molar-refractivity contribution in [3.05, 3.63) is 150 Å². The summed E-state index contributed by atoms with van der Waals surface area (Å²) in [6.07, 6.45) is 0. The zero-order valence-corrected chi connectivity index (χ0v) is 39.1. The zero-order valence-electron chi connectivity index (χ0n) is 39.1. The molecule has 0 saturated carbocycles. The number of ether oxygens (including phenoxy) is 4. The Bertz CT molecular complexity index is 3010. The van der Waals surface area contributed by atoms with Gasteiger partial charge in [0.2, 0.25) is 0 Å². The zero-order chi connectivity index (χ0) is 45.0. The molecule has 4 aliphatic heterocycles. The van der Waals surface area contributed by atoms with Crippen molar-refractivity contribution in [2.45, 2.75) is 78.6 Å². The van der Waals surface area contributed by atoms with Crippen LogP contribution in [0.2, 0.25) is 0 Å². The Hall–Kier alpha value is -6.60. The minimum Gasteiger partial charge on any atom is -0.486 e. The van der Waals surface area contributed by atoms with Crippen LogP contribution in [0.5, 0.6) is 23.0 Å². The van der Waals surface area contributed by atoms with E-state index in [1.807, 2.05) is 0 Å². The maximum absolute atomic E-state index is 6.41. The topological polar surface area (TPSA) is 43.4 Å². The molecule has 65 heavy (non-hydrogen) atoms. The van der Waals surface area contributed by atoms with Gasteiger partial charge in [-0.3, -0.25) is 0 Å². The van der Waals surface area contributed by atoms with Crippen LogP contribution in [0.15, 0.2) is 133 Å². The number of rotatable bonds is 4. The molecule has 0 amide bonds. The lowest BCUT2D eigenvalue weighted by atomic mass is 9.33. The fourth-order valence-electron chi connectivity index (χ4n) is 10.1. The first kappa shape index (κ1) is 41.1. The van der Waals surface area contributed by atoms with Crippen LogP contribution in [-0.2, 0) is 16.2 Å². The van der Waals surface area contributed by atoms with Gasteiger partial charge in [0, 0.05) is 40.4 Å². The van der Waals surface area contributed by atoms with Gasteiger partial charge in [-0.05, 0) is 115 Å². The molecule has 0 atom stereocenters. The predicted octanol–water partition coefficient (Wildman–Crippen LogP) is 12.5. The van der Waals surface area contributed by atoms with E-state index in [1.54, 1.807) is 0 Å². The highest BCUT2D eigenvalue weighted by Gasteiger charge is 2.45. The summed E-state index contributed by atoms with van der Waals surface area (Å²) in [7, 11) is 0. The van der Waals surface area contributed by atoms with Gasteiger partial charge in [-0.1, -0.05) is 135 Å². The minimum absolute atomic E-state index is 0.0245. The molecule has 0 saturated heterocycles. The van der Waals surface area contributed by atoms with Gasteiger partial charge in [0.05, 0.1) is 11.4 Å². The monoisotopic (exact) mass is 856 g/mol. The van der Waals surface area contributed by atoms with Crippen LogP contribution in [0.1, 0.15) is 79.0 Å². The van der Waals surface area contributed by atoms with Crippen molar-refractivity contribution >= 4 is 57.2 Å². The third-order valence-corrected chi connectivity index (χ3v) is 13.7. The summed E-state index contributed by atoms with van der Waals surface area (Å²) < 4.78 is 25.2. The number of benzene rings is 7. The lowest BCUT2D eigenvalue weighted by molar-refractivity contribution is 0.171. The second-order valence-electron chi connectivity index (χ2n) is 21.1. The van der Waals surface area contributed by atoms with Crippen LogP contribution < -0.4 is 45.1 Å². The van der Waals surface area contributed by atoms with Gasteiger partial charge in [-0.15, -0.1) is 0 Å². The minimum atomic E-state index is -0.126. The first-order valence-electron chi connectivity index (χ1n) is 23.2. The fraction of sp³-hybridized carbons (Fsp3) is 0.276. The Morgan fingerprint density at radius 1 is 0.385 bits per heavy atom. The first-order chi connectivity index (χ1) is 31.1. The Labute approximate surface area is 384 Å². The molecule has 7 aromatic rings. The van der Waals surface area contributed by atoms with E-state index in [0.29, 0.717) is 26.4 Å². The molecule has 0 aromatic heterocycles. The average molecular weight is 857 g/mol. The Kier molecular flexibility index (Phi) is 9.48. The molecule has 326 valence electrons. The van der Waals surface area contributed by atoms with E-state index < -0.39 is 0 Å². The van der Waals surface area contributed by atoms with E-state index in [-0.39, 0.29) is 23.0 Å². The van der Waals surface area contributed by atoms with Crippen LogP contribution in [-0.4, -0.2) is 33.1 Å². The van der Waals surface area contributed by atoms with E-state index in [4.69, 9.17) is 18.9 Å². The Balaban J connectivity index is 1.27. The molecule has 0 aliphatic carbocycles. The van der Waals surface area contributed by atoms with Crippen molar-refractivity contribution in [1.29, 1.82) is 0 Å². The summed E-state index contributed by atoms with van der Waals surface area (Å²) in [4.78, 5) is 4.98. The molecule has 0 unspecified atom stereocenters. The molecule has 7 heteroatoms. The second-order valence-corrected chi connectivity index (χ2v) is 21.1. The number of hydrogen-bond donors (Lipinski definition) is 0. The summed E-state index contributed by atoms with van der Waals surface area (Å²) in [5, 5.41) is 0. The largest absolute Gasteiger partial charge is 0.486 e. The molecule has 4 heterocycles. The summed E-state index contributed by atoms with van der Waals surface area (Å²) in [5.41, 5.74) is 18.7. The molecule has 0 radical (unpaired) electrons. The maximum Gasteiger partial charge on any atom is 0.252 e. The number of hydrogen-bond acceptors (Lipinski definition) is 6. The van der Waals surface area contributed by atoms with E-state index in [9.17, 15) is 0 Å². The third kappa shape index (κ3) is 7.02. The van der Waals surface area contributed by atoms with Crippen molar-refractivity contribution < 1.29 is 18.9 Å². The van der Waals surface area contributed by atoms with Crippen molar-refractivity contribution in [2.24, 2.45) is 0 Å². The predicted molar refractivity (Wildman–Crippen MR) is 269 cm³/mol. The standard InChI is InChI=1S/C58H57BN2O4/c1-56(2,3)39-17-15-36(16-18-39)38-29-49-55-50(30-38)61(46-22-19-40(57(4,5)6)31-43(46)37-13-11-10-12-14-37)47-23-20-41(58(7,8)9)32-44(47)59(55)45-34-53-54(65-28-27-64-53)35-48(45)60(49)42-21-24-51-52(33-42)63-26-25-62-51/h10-24,29-35H,25-28H2,1-9H3. The van der Waals surface area contributed by atoms with Crippen molar-refractivity contribution in [1.82, 2.24) is 0 Å². The molecular weight excluding hydrogens is 799 g/mol. The molecule has 0 bridgehead atoms. The van der Waals surface area contributed by atoms with Gasteiger partial charge in [0.1, 0.15) is 26.4 Å². The molecule has 4 aliphatic rings. The van der Waals surface area contributed by atoms with E-state index >= 15 is 0 Å². The van der Waals surface area contributed by atoms with Crippen molar-refractivity contribution in [3.8, 4) is 45.3 Å². The van der Waals surface area contributed by atoms with E-state index in [0.717, 1.165) is 68.2 Å². The normalized spacial score (nSPS) is 15.0. The van der Waals surface area contributed by atoms with Crippen molar-refractivity contribution in [2.75, 3.05) is 36.2 Å². The van der Waals surface area contributed by atoms with Crippen LogP contribution in [0.25, 0.3) is 22.3 Å². The third-order valence-electron chi connectivity index (χ3n) is 13.7. The molecular formula is C58H57BN2O4. The average Bonchev–Trinajstić information content (AvgIpc) is 3.29. The highest BCUT2D eigenvalue weighted by atomic mass is 16.6. The van der Waals surface area contributed by atoms with Gasteiger partial charge >= 0.3 is 0 Å². The lowest BCUT2D eigenvalue weighted by Gasteiger charge is -2.45. The highest BCUT2D eigenvalue weighted by molar-refractivity contribution is 7.00. The van der Waals surface area contributed by atoms with Crippen LogP contribution >= 0.6 is 0 Å². The Morgan fingerprint density at radius 2 is 0.923 bits per heavy atom. The van der Waals surface area contributed by atoms with Crippen LogP contribution in [0, 0.1) is 0 Å². The molecule has 7 aromatic carbocycles. The molecule has 0 spiro atoms. The smallest absolute Gasteiger partial charge is 0.252 e. The summed E-state index contributed by atoms with van der Waals surface area (Å²) in [6, 6.07) is 50.0. The van der Waals surface area contributed by atoms with Gasteiger partial charge in [-0.2, -0.15) is 0 Å². The molecule has 11 rings (SSSR count). The number of fused-ring (bicyclic) bond motifs is 6. The Morgan fingerprint density at radius 3 is 1.57 bits per heavy atom. The summed E-state index contributed by atoms with van der Waals surface area (Å²) in [6.45, 7) is 22.6. The summed E-state index contributed by atoms with van der Waals surface area (Å²) >= 11 is 0. The van der Waals surface area contributed by atoms with Crippen molar-refractivity contribution in [3.63, 3.8) is 0 Å². The van der Waals surface area contributed by atoms with Gasteiger partial charge < -0.3 is 28.7 Å². The molecule has 0 fully saturated rings. The van der Waals surface area contributed by atoms with Gasteiger partial charge in [0.25, 0.3) is 6.71 Å².